The zero-order valence-electron chi connectivity index (χ0n) is 20.3. The highest BCUT2D eigenvalue weighted by Gasteiger charge is 2.16. The molecule has 2 heterocycles. The Morgan fingerprint density at radius 3 is 2.31 bits per heavy atom. The van der Waals surface area contributed by atoms with E-state index in [-0.39, 0.29) is 12.4 Å². The molecule has 0 saturated heterocycles. The molecule has 0 spiro atoms. The topological polar surface area (TPSA) is 146 Å². The van der Waals surface area contributed by atoms with Crippen molar-refractivity contribution in [2.45, 2.75) is 11.3 Å². The van der Waals surface area contributed by atoms with Crippen molar-refractivity contribution in [3.63, 3.8) is 0 Å². The van der Waals surface area contributed by atoms with E-state index >= 15 is 0 Å². The second-order valence-corrected chi connectivity index (χ2v) is 9.39. The Bertz CT molecular complexity index is 1810. The Morgan fingerprint density at radius 1 is 0.897 bits per heavy atom. The van der Waals surface area contributed by atoms with E-state index in [1.807, 2.05) is 12.1 Å². The number of aliphatic hydroxyl groups is 1. The summed E-state index contributed by atoms with van der Waals surface area (Å²) in [5.74, 6) is 0.688. The van der Waals surface area contributed by atoms with Crippen LogP contribution in [0, 0.1) is 22.7 Å². The summed E-state index contributed by atoms with van der Waals surface area (Å²) in [7, 11) is 0. The van der Waals surface area contributed by atoms with Crippen LogP contribution in [0.5, 0.6) is 5.75 Å². The summed E-state index contributed by atoms with van der Waals surface area (Å²) in [5.41, 5.74) is 3.21. The summed E-state index contributed by atoms with van der Waals surface area (Å²) in [6, 6.07) is 26.3. The molecule has 1 atom stereocenters. The summed E-state index contributed by atoms with van der Waals surface area (Å²) < 4.78 is 10.9. The van der Waals surface area contributed by atoms with Gasteiger partial charge in [0.25, 0.3) is 0 Å². The number of hydrogen-bond acceptors (Lipinski definition) is 10. The second kappa shape index (κ2) is 11.6. The minimum absolute atomic E-state index is 0.000885. The molecule has 0 aliphatic heterocycles. The third-order valence-electron chi connectivity index (χ3n) is 5.64. The van der Waals surface area contributed by atoms with Crippen molar-refractivity contribution in [1.29, 1.82) is 10.5 Å². The summed E-state index contributed by atoms with van der Waals surface area (Å²) in [5, 5.41) is 38.9. The smallest absolute Gasteiger partial charge is 0.336 e. The maximum absolute atomic E-state index is 11.5. The third kappa shape index (κ3) is 6.11. The van der Waals surface area contributed by atoms with Crippen LogP contribution in [0.2, 0.25) is 0 Å². The van der Waals surface area contributed by atoms with Crippen molar-refractivity contribution in [2.24, 2.45) is 0 Å². The fourth-order valence-electron chi connectivity index (χ4n) is 3.78. The molecule has 0 radical (unpaired) electrons. The molecule has 5 rings (SSSR count). The van der Waals surface area contributed by atoms with Gasteiger partial charge in [0.2, 0.25) is 5.16 Å². The van der Waals surface area contributed by atoms with Crippen molar-refractivity contribution in [1.82, 2.24) is 15.2 Å². The highest BCUT2D eigenvalue weighted by Crippen LogP contribution is 2.31. The molecular weight excluding hydrogens is 514 g/mol. The van der Waals surface area contributed by atoms with E-state index in [9.17, 15) is 20.4 Å². The number of fused-ring (bicyclic) bond motifs is 1. The molecule has 1 N–H and O–H groups in total. The standard InChI is InChI=1S/C29H19N5O4S/c30-14-18-3-1-5-21(11-18)27-28(22-6-2-4-19(12-22)15-31)33-34-29(32-27)39-17-23(35)16-37-24-9-7-20-8-10-26(36)38-25(20)13-24/h1-13,23,35H,16-17H2. The summed E-state index contributed by atoms with van der Waals surface area (Å²) in [6.45, 7) is -0.000885. The molecular formula is C29H19N5O4S. The van der Waals surface area contributed by atoms with Crippen LogP contribution >= 0.6 is 11.8 Å². The van der Waals surface area contributed by atoms with Gasteiger partial charge in [-0.1, -0.05) is 36.0 Å². The number of ether oxygens (including phenoxy) is 1. The predicted octanol–water partition coefficient (Wildman–Crippen LogP) is 4.59. The van der Waals surface area contributed by atoms with Crippen molar-refractivity contribution in [3.05, 3.63) is 100 Å². The molecule has 5 aromatic rings. The second-order valence-electron chi connectivity index (χ2n) is 8.41. The molecule has 0 bridgehead atoms. The van der Waals surface area contributed by atoms with Gasteiger partial charge in [0, 0.05) is 34.4 Å². The first-order valence-corrected chi connectivity index (χ1v) is 12.7. The van der Waals surface area contributed by atoms with Gasteiger partial charge in [-0.25, -0.2) is 9.78 Å². The van der Waals surface area contributed by atoms with Crippen LogP contribution in [-0.2, 0) is 0 Å². The molecule has 2 aromatic heterocycles. The third-order valence-corrected chi connectivity index (χ3v) is 6.62. The van der Waals surface area contributed by atoms with Gasteiger partial charge >= 0.3 is 5.63 Å². The molecule has 1 unspecified atom stereocenters. The Labute approximate surface area is 227 Å². The van der Waals surface area contributed by atoms with Gasteiger partial charge in [0.1, 0.15) is 29.3 Å². The largest absolute Gasteiger partial charge is 0.491 e. The zero-order valence-corrected chi connectivity index (χ0v) is 21.1. The number of hydrogen-bond donors (Lipinski definition) is 1. The number of nitrogens with zero attached hydrogens (tertiary/aromatic N) is 5. The van der Waals surface area contributed by atoms with E-state index in [0.717, 1.165) is 5.39 Å². The SMILES string of the molecule is N#Cc1cccc(-c2nnc(SCC(O)COc3ccc4ccc(=O)oc4c3)nc2-c2cccc(C#N)c2)c1. The lowest BCUT2D eigenvalue weighted by Crippen LogP contribution is -2.20. The maximum Gasteiger partial charge on any atom is 0.336 e. The van der Waals surface area contributed by atoms with E-state index in [2.05, 4.69) is 27.3 Å². The summed E-state index contributed by atoms with van der Waals surface area (Å²) in [4.78, 5) is 16.1. The van der Waals surface area contributed by atoms with E-state index in [0.29, 0.717) is 50.1 Å². The van der Waals surface area contributed by atoms with Gasteiger partial charge in [-0.3, -0.25) is 0 Å². The number of thioether (sulfide) groups is 1. The lowest BCUT2D eigenvalue weighted by molar-refractivity contribution is 0.126. The fourth-order valence-corrected chi connectivity index (χ4v) is 4.47. The first-order chi connectivity index (χ1) is 19.0. The zero-order chi connectivity index (χ0) is 27.2. The van der Waals surface area contributed by atoms with Crippen LogP contribution in [0.3, 0.4) is 0 Å². The van der Waals surface area contributed by atoms with Crippen molar-refractivity contribution >= 4 is 22.7 Å². The van der Waals surface area contributed by atoms with Crippen LogP contribution in [0.1, 0.15) is 11.1 Å². The normalized spacial score (nSPS) is 11.5. The van der Waals surface area contributed by atoms with Gasteiger partial charge in [-0.05, 0) is 42.5 Å². The van der Waals surface area contributed by atoms with Crippen molar-refractivity contribution in [3.8, 4) is 40.4 Å². The molecule has 0 aliphatic carbocycles. The molecule has 10 heteroatoms. The quantitative estimate of drug-likeness (QED) is 0.222. The van der Waals surface area contributed by atoms with Gasteiger partial charge in [0.05, 0.1) is 29.4 Å². The monoisotopic (exact) mass is 533 g/mol. The molecule has 0 amide bonds. The average Bonchev–Trinajstić information content (AvgIpc) is 2.98. The number of aliphatic hydroxyl groups excluding tert-OH is 1. The fraction of sp³-hybridized carbons (Fsp3) is 0.103. The Morgan fingerprint density at radius 2 is 1.59 bits per heavy atom. The van der Waals surface area contributed by atoms with Crippen molar-refractivity contribution in [2.75, 3.05) is 12.4 Å². The minimum atomic E-state index is -0.852. The number of aromatic nitrogens is 3. The molecule has 9 nitrogen and oxygen atoms in total. The average molecular weight is 534 g/mol. The summed E-state index contributed by atoms with van der Waals surface area (Å²) in [6.07, 6.45) is -0.852. The Hall–Kier alpha value is -5.03. The van der Waals surface area contributed by atoms with Gasteiger partial charge in [-0.15, -0.1) is 10.2 Å². The number of nitriles is 2. The van der Waals surface area contributed by atoms with E-state index in [1.54, 1.807) is 60.7 Å². The predicted molar refractivity (Wildman–Crippen MR) is 145 cm³/mol. The molecule has 0 aliphatic rings. The molecule has 3 aromatic carbocycles. The lowest BCUT2D eigenvalue weighted by Gasteiger charge is -2.13. The van der Waals surface area contributed by atoms with E-state index in [4.69, 9.17) is 9.15 Å². The highest BCUT2D eigenvalue weighted by molar-refractivity contribution is 7.99. The Kier molecular flexibility index (Phi) is 7.60. The lowest BCUT2D eigenvalue weighted by atomic mass is 10.0. The van der Waals surface area contributed by atoms with E-state index < -0.39 is 11.7 Å². The highest BCUT2D eigenvalue weighted by atomic mass is 32.2. The van der Waals surface area contributed by atoms with Crippen molar-refractivity contribution < 1.29 is 14.3 Å². The molecule has 190 valence electrons. The number of rotatable bonds is 8. The molecule has 0 saturated carbocycles. The van der Waals surface area contributed by atoms with Gasteiger partial charge in [0.15, 0.2) is 0 Å². The first kappa shape index (κ1) is 25.6. The first-order valence-electron chi connectivity index (χ1n) is 11.8. The van der Waals surface area contributed by atoms with Gasteiger partial charge in [-0.2, -0.15) is 10.5 Å². The van der Waals surface area contributed by atoms with Crippen LogP contribution in [0.4, 0.5) is 0 Å². The van der Waals surface area contributed by atoms with Gasteiger partial charge < -0.3 is 14.3 Å². The maximum atomic E-state index is 11.5. The minimum Gasteiger partial charge on any atom is -0.491 e. The molecule has 39 heavy (non-hydrogen) atoms. The summed E-state index contributed by atoms with van der Waals surface area (Å²) >= 11 is 1.21. The van der Waals surface area contributed by atoms with E-state index in [1.165, 1.54) is 17.8 Å². The van der Waals surface area contributed by atoms with Crippen LogP contribution in [0.25, 0.3) is 33.5 Å². The van der Waals surface area contributed by atoms with Crippen LogP contribution in [-0.4, -0.2) is 38.8 Å². The van der Waals surface area contributed by atoms with Crippen LogP contribution < -0.4 is 10.4 Å². The molecule has 0 fully saturated rings. The number of benzene rings is 3. The van der Waals surface area contributed by atoms with Crippen LogP contribution in [0.15, 0.2) is 93.2 Å². The Balaban J connectivity index is 1.33.